The van der Waals surface area contributed by atoms with Crippen LogP contribution in [0.15, 0.2) is 46.5 Å². The summed E-state index contributed by atoms with van der Waals surface area (Å²) < 4.78 is 27.2. The van der Waals surface area contributed by atoms with E-state index in [0.717, 1.165) is 15.4 Å². The van der Waals surface area contributed by atoms with Crippen LogP contribution in [0.25, 0.3) is 11.0 Å². The maximum Gasteiger partial charge on any atom is 0.263 e. The monoisotopic (exact) mass is 415 g/mol. The summed E-state index contributed by atoms with van der Waals surface area (Å²) in [7, 11) is -0.772. The molecular formula is C19H21N5O4S. The Bertz CT molecular complexity index is 1270. The van der Waals surface area contributed by atoms with Gasteiger partial charge in [-0.15, -0.1) is 0 Å². The molecular weight excluding hydrogens is 394 g/mol. The van der Waals surface area contributed by atoms with Crippen molar-refractivity contribution in [3.05, 3.63) is 58.3 Å². The molecule has 1 amide bonds. The largest absolute Gasteiger partial charge is 0.324 e. The van der Waals surface area contributed by atoms with Crippen LogP contribution < -0.4 is 10.9 Å². The van der Waals surface area contributed by atoms with Crippen molar-refractivity contribution in [3.8, 4) is 0 Å². The zero-order valence-corrected chi connectivity index (χ0v) is 17.3. The zero-order valence-electron chi connectivity index (χ0n) is 16.5. The average molecular weight is 415 g/mol. The third-order valence-corrected chi connectivity index (χ3v) is 6.40. The van der Waals surface area contributed by atoms with Crippen molar-refractivity contribution in [2.45, 2.75) is 25.3 Å². The molecule has 0 atom stereocenters. The lowest BCUT2D eigenvalue weighted by molar-refractivity contribution is -0.116. The Morgan fingerprint density at radius 1 is 1.21 bits per heavy atom. The van der Waals surface area contributed by atoms with Gasteiger partial charge in [0.15, 0.2) is 5.65 Å². The number of nitrogens with zero attached hydrogens (tertiary/aromatic N) is 4. The molecule has 10 heteroatoms. The number of hydrogen-bond donors (Lipinski definition) is 1. The van der Waals surface area contributed by atoms with E-state index in [4.69, 9.17) is 0 Å². The van der Waals surface area contributed by atoms with Crippen molar-refractivity contribution < 1.29 is 13.2 Å². The fourth-order valence-corrected chi connectivity index (χ4v) is 3.79. The van der Waals surface area contributed by atoms with Crippen LogP contribution in [0, 0.1) is 13.8 Å². The molecule has 0 fully saturated rings. The predicted molar refractivity (Wildman–Crippen MR) is 109 cm³/mol. The number of anilines is 1. The van der Waals surface area contributed by atoms with Crippen LogP contribution in [-0.4, -0.2) is 47.3 Å². The summed E-state index contributed by atoms with van der Waals surface area (Å²) in [5, 5.41) is 3.01. The maximum atomic E-state index is 12.6. The average Bonchev–Trinajstić information content (AvgIpc) is 2.67. The van der Waals surface area contributed by atoms with E-state index in [-0.39, 0.29) is 17.0 Å². The van der Waals surface area contributed by atoms with Gasteiger partial charge in [-0.2, -0.15) is 0 Å². The lowest BCUT2D eigenvalue weighted by Gasteiger charge is -2.16. The first kappa shape index (κ1) is 20.6. The lowest BCUT2D eigenvalue weighted by atomic mass is 10.1. The number of carbonyl (C=O) groups is 1. The standard InChI is InChI=1S/C19H21N5O4S/c1-12-8-14(29(27,28)23(3)4)9-16(13(12)2)22-17(25)10-24-11-21-18-15(19(24)26)6-5-7-20-18/h5-9,11H,10H2,1-4H3,(H,22,25). The molecule has 3 aromatic rings. The fourth-order valence-electron chi connectivity index (χ4n) is 2.77. The molecule has 0 saturated heterocycles. The number of aryl methyl sites for hydroxylation is 1. The van der Waals surface area contributed by atoms with Crippen molar-refractivity contribution in [2.24, 2.45) is 0 Å². The molecule has 0 unspecified atom stereocenters. The molecule has 0 aliphatic carbocycles. The number of carbonyl (C=O) groups excluding carboxylic acids is 1. The van der Waals surface area contributed by atoms with Gasteiger partial charge in [-0.25, -0.2) is 22.7 Å². The van der Waals surface area contributed by atoms with Gasteiger partial charge in [-0.05, 0) is 49.2 Å². The van der Waals surface area contributed by atoms with E-state index in [2.05, 4.69) is 15.3 Å². The number of amides is 1. The summed E-state index contributed by atoms with van der Waals surface area (Å²) >= 11 is 0. The summed E-state index contributed by atoms with van der Waals surface area (Å²) in [6.45, 7) is 3.29. The van der Waals surface area contributed by atoms with Crippen LogP contribution in [0.5, 0.6) is 0 Å². The van der Waals surface area contributed by atoms with E-state index in [1.165, 1.54) is 37.3 Å². The molecule has 0 spiro atoms. The molecule has 152 valence electrons. The second kappa shape index (κ2) is 7.72. The third kappa shape index (κ3) is 4.03. The van der Waals surface area contributed by atoms with Crippen LogP contribution in [0.4, 0.5) is 5.69 Å². The van der Waals surface area contributed by atoms with E-state index >= 15 is 0 Å². The van der Waals surface area contributed by atoms with Gasteiger partial charge in [-0.1, -0.05) is 0 Å². The molecule has 1 N–H and O–H groups in total. The number of hydrogen-bond acceptors (Lipinski definition) is 6. The van der Waals surface area contributed by atoms with E-state index < -0.39 is 15.9 Å². The number of aromatic nitrogens is 3. The first-order valence-corrected chi connectivity index (χ1v) is 10.2. The molecule has 3 rings (SSSR count). The molecule has 0 bridgehead atoms. The Hall–Kier alpha value is -3.11. The van der Waals surface area contributed by atoms with Gasteiger partial charge in [-0.3, -0.25) is 14.2 Å². The van der Waals surface area contributed by atoms with Gasteiger partial charge in [0.25, 0.3) is 5.56 Å². The quantitative estimate of drug-likeness (QED) is 0.672. The molecule has 2 heterocycles. The molecule has 0 saturated carbocycles. The minimum Gasteiger partial charge on any atom is -0.324 e. The first-order chi connectivity index (χ1) is 13.6. The number of rotatable bonds is 5. The van der Waals surface area contributed by atoms with Crippen molar-refractivity contribution in [1.29, 1.82) is 0 Å². The smallest absolute Gasteiger partial charge is 0.263 e. The van der Waals surface area contributed by atoms with E-state index in [1.54, 1.807) is 32.0 Å². The Balaban J connectivity index is 1.91. The van der Waals surface area contributed by atoms with Crippen LogP contribution in [0.2, 0.25) is 0 Å². The van der Waals surface area contributed by atoms with Crippen molar-refractivity contribution >= 4 is 32.7 Å². The number of fused-ring (bicyclic) bond motifs is 1. The molecule has 0 aliphatic rings. The summed E-state index contributed by atoms with van der Waals surface area (Å²) in [6.07, 6.45) is 2.80. The van der Waals surface area contributed by atoms with Gasteiger partial charge >= 0.3 is 0 Å². The Morgan fingerprint density at radius 2 is 1.93 bits per heavy atom. The topological polar surface area (TPSA) is 114 Å². The van der Waals surface area contributed by atoms with Crippen molar-refractivity contribution in [2.75, 3.05) is 19.4 Å². The fraction of sp³-hybridized carbons (Fsp3) is 0.263. The molecule has 9 nitrogen and oxygen atoms in total. The maximum absolute atomic E-state index is 12.6. The van der Waals surface area contributed by atoms with Gasteiger partial charge in [0.2, 0.25) is 15.9 Å². The Morgan fingerprint density at radius 3 is 2.62 bits per heavy atom. The van der Waals surface area contributed by atoms with Crippen molar-refractivity contribution in [1.82, 2.24) is 18.8 Å². The van der Waals surface area contributed by atoms with E-state index in [1.807, 2.05) is 0 Å². The number of pyridine rings is 1. The number of benzene rings is 1. The highest BCUT2D eigenvalue weighted by Gasteiger charge is 2.20. The minimum absolute atomic E-state index is 0.0801. The van der Waals surface area contributed by atoms with Crippen LogP contribution in [0.3, 0.4) is 0 Å². The van der Waals surface area contributed by atoms with Gasteiger partial charge in [0.05, 0.1) is 10.3 Å². The number of nitrogens with one attached hydrogen (secondary N) is 1. The Labute approximate surface area is 168 Å². The summed E-state index contributed by atoms with van der Waals surface area (Å²) in [5.41, 5.74) is 1.76. The van der Waals surface area contributed by atoms with Gasteiger partial charge in [0, 0.05) is 26.0 Å². The minimum atomic E-state index is -3.65. The molecule has 1 aromatic carbocycles. The normalized spacial score (nSPS) is 11.8. The SMILES string of the molecule is Cc1cc(S(=O)(=O)N(C)C)cc(NC(=O)Cn2cnc3ncccc3c2=O)c1C. The van der Waals surface area contributed by atoms with E-state index in [9.17, 15) is 18.0 Å². The van der Waals surface area contributed by atoms with Crippen molar-refractivity contribution in [3.63, 3.8) is 0 Å². The summed E-state index contributed by atoms with van der Waals surface area (Å²) in [4.78, 5) is 33.2. The summed E-state index contributed by atoms with van der Waals surface area (Å²) in [6, 6.07) is 6.19. The van der Waals surface area contributed by atoms with Crippen LogP contribution >= 0.6 is 0 Å². The lowest BCUT2D eigenvalue weighted by Crippen LogP contribution is -2.28. The molecule has 0 aliphatic heterocycles. The first-order valence-electron chi connectivity index (χ1n) is 8.75. The predicted octanol–water partition coefficient (Wildman–Crippen LogP) is 1.30. The third-order valence-electron chi connectivity index (χ3n) is 4.60. The second-order valence-corrected chi connectivity index (χ2v) is 8.95. The van der Waals surface area contributed by atoms with Gasteiger partial charge < -0.3 is 5.32 Å². The van der Waals surface area contributed by atoms with Crippen LogP contribution in [-0.2, 0) is 21.4 Å². The zero-order chi connectivity index (χ0) is 21.3. The van der Waals surface area contributed by atoms with Gasteiger partial charge in [0.1, 0.15) is 12.9 Å². The number of sulfonamides is 1. The van der Waals surface area contributed by atoms with Crippen LogP contribution in [0.1, 0.15) is 11.1 Å². The highest BCUT2D eigenvalue weighted by molar-refractivity contribution is 7.89. The highest BCUT2D eigenvalue weighted by Crippen LogP contribution is 2.25. The second-order valence-electron chi connectivity index (χ2n) is 6.80. The summed E-state index contributed by atoms with van der Waals surface area (Å²) in [5.74, 6) is -0.473. The molecule has 0 radical (unpaired) electrons. The van der Waals surface area contributed by atoms with E-state index in [0.29, 0.717) is 16.7 Å². The Kier molecular flexibility index (Phi) is 5.49. The molecule has 29 heavy (non-hydrogen) atoms. The molecule has 2 aromatic heterocycles. The highest BCUT2D eigenvalue weighted by atomic mass is 32.2.